The Hall–Kier alpha value is -2.03. The molecule has 2 aromatic rings. The molecule has 3 rings (SSSR count). The van der Waals surface area contributed by atoms with E-state index in [-0.39, 0.29) is 11.9 Å². The van der Waals surface area contributed by atoms with Crippen LogP contribution in [-0.2, 0) is 11.3 Å². The number of thiocarbonyl (C=S) groups is 1. The average Bonchev–Trinajstić information content (AvgIpc) is 3.26. The van der Waals surface area contributed by atoms with Crippen molar-refractivity contribution in [3.8, 4) is 0 Å². The van der Waals surface area contributed by atoms with Crippen LogP contribution in [0.2, 0.25) is 5.15 Å². The van der Waals surface area contributed by atoms with Crippen molar-refractivity contribution in [2.24, 2.45) is 5.10 Å². The first kappa shape index (κ1) is 19.7. The van der Waals surface area contributed by atoms with Gasteiger partial charge in [-0.25, -0.2) is 9.07 Å². The van der Waals surface area contributed by atoms with Crippen molar-refractivity contribution in [2.75, 3.05) is 13.2 Å². The second-order valence-electron chi connectivity index (χ2n) is 6.29. The third kappa shape index (κ3) is 5.47. The number of hydrazone groups is 1. The third-order valence-electron chi connectivity index (χ3n) is 4.23. The summed E-state index contributed by atoms with van der Waals surface area (Å²) in [5, 5.41) is 12.5. The molecule has 0 radical (unpaired) electrons. The number of nitrogens with zero attached hydrogens (tertiary/aromatic N) is 3. The van der Waals surface area contributed by atoms with Gasteiger partial charge in [0, 0.05) is 13.2 Å². The van der Waals surface area contributed by atoms with E-state index in [0.717, 1.165) is 30.7 Å². The van der Waals surface area contributed by atoms with Crippen molar-refractivity contribution < 1.29 is 9.13 Å². The molecule has 2 N–H and O–H groups in total. The van der Waals surface area contributed by atoms with Crippen molar-refractivity contribution in [1.82, 2.24) is 20.5 Å². The third-order valence-corrected chi connectivity index (χ3v) is 4.86. The highest BCUT2D eigenvalue weighted by Crippen LogP contribution is 2.19. The van der Waals surface area contributed by atoms with Gasteiger partial charge in [0.2, 0.25) is 0 Å². The molecule has 1 aromatic heterocycles. The summed E-state index contributed by atoms with van der Waals surface area (Å²) in [7, 11) is 0. The summed E-state index contributed by atoms with van der Waals surface area (Å²) >= 11 is 11.6. The summed E-state index contributed by atoms with van der Waals surface area (Å²) in [4.78, 5) is 0. The predicted octanol–water partition coefficient (Wildman–Crippen LogP) is 3.01. The molecule has 1 saturated heterocycles. The Bertz CT molecular complexity index is 818. The molecule has 1 atom stereocenters. The van der Waals surface area contributed by atoms with E-state index in [1.807, 2.05) is 6.92 Å². The number of nitrogens with one attached hydrogen (secondary N) is 2. The molecule has 144 valence electrons. The van der Waals surface area contributed by atoms with Crippen molar-refractivity contribution in [3.05, 3.63) is 52.1 Å². The van der Waals surface area contributed by atoms with Gasteiger partial charge in [0.1, 0.15) is 11.0 Å². The zero-order chi connectivity index (χ0) is 19.2. The van der Waals surface area contributed by atoms with Crippen LogP contribution in [0.5, 0.6) is 0 Å². The molecule has 1 aliphatic heterocycles. The average molecular weight is 410 g/mol. The molecule has 0 unspecified atom stereocenters. The Labute approximate surface area is 167 Å². The molecule has 0 aliphatic carbocycles. The summed E-state index contributed by atoms with van der Waals surface area (Å²) in [6.07, 6.45) is 3.92. The molecule has 0 bridgehead atoms. The molecule has 1 fully saturated rings. The summed E-state index contributed by atoms with van der Waals surface area (Å²) in [5.41, 5.74) is 5.12. The van der Waals surface area contributed by atoms with Crippen molar-refractivity contribution in [3.63, 3.8) is 0 Å². The summed E-state index contributed by atoms with van der Waals surface area (Å²) in [5.74, 6) is -0.274. The lowest BCUT2D eigenvalue weighted by Crippen LogP contribution is -2.37. The Balaban J connectivity index is 1.56. The standard InChI is InChI=1S/C18H21ClFN5OS/c1-12-16(10-22-23-18(27)21-9-15-3-2-8-26-15)17(19)25(24-12)11-13-4-6-14(20)7-5-13/h4-7,10,15H,2-3,8-9,11H2,1H3,(H2,21,23,27)/b22-10-/t15-/m1/s1. The zero-order valence-electron chi connectivity index (χ0n) is 14.9. The van der Waals surface area contributed by atoms with Gasteiger partial charge in [-0.05, 0) is 49.7 Å². The second-order valence-corrected chi connectivity index (χ2v) is 7.06. The van der Waals surface area contributed by atoms with Gasteiger partial charge in [0.05, 0.1) is 30.1 Å². The van der Waals surface area contributed by atoms with Crippen LogP contribution in [-0.4, -0.2) is 40.4 Å². The first-order valence-corrected chi connectivity index (χ1v) is 9.47. The number of rotatable bonds is 6. The molecule has 0 saturated carbocycles. The zero-order valence-corrected chi connectivity index (χ0v) is 16.5. The Morgan fingerprint density at radius 2 is 2.26 bits per heavy atom. The fourth-order valence-corrected chi connectivity index (χ4v) is 3.21. The van der Waals surface area contributed by atoms with Crippen LogP contribution in [0.25, 0.3) is 0 Å². The van der Waals surface area contributed by atoms with Crippen LogP contribution in [0.4, 0.5) is 4.39 Å². The maximum Gasteiger partial charge on any atom is 0.187 e. The Morgan fingerprint density at radius 1 is 1.48 bits per heavy atom. The highest BCUT2D eigenvalue weighted by molar-refractivity contribution is 7.80. The van der Waals surface area contributed by atoms with Gasteiger partial charge in [-0.3, -0.25) is 5.43 Å². The van der Waals surface area contributed by atoms with E-state index >= 15 is 0 Å². The van der Waals surface area contributed by atoms with E-state index in [9.17, 15) is 4.39 Å². The van der Waals surface area contributed by atoms with Gasteiger partial charge in [0.25, 0.3) is 0 Å². The first-order valence-electron chi connectivity index (χ1n) is 8.69. The number of aromatic nitrogens is 2. The van der Waals surface area contributed by atoms with E-state index < -0.39 is 0 Å². The second kappa shape index (κ2) is 9.25. The van der Waals surface area contributed by atoms with E-state index in [2.05, 4.69) is 20.9 Å². The van der Waals surface area contributed by atoms with Crippen molar-refractivity contribution in [1.29, 1.82) is 0 Å². The van der Waals surface area contributed by atoms with Gasteiger partial charge in [-0.2, -0.15) is 10.2 Å². The number of ether oxygens (including phenoxy) is 1. The molecule has 6 nitrogen and oxygen atoms in total. The molecule has 9 heteroatoms. The topological polar surface area (TPSA) is 63.5 Å². The fraction of sp³-hybridized carbons (Fsp3) is 0.389. The number of aryl methyl sites for hydroxylation is 1. The SMILES string of the molecule is Cc1nn(Cc2ccc(F)cc2)c(Cl)c1/C=N\NC(=S)NC[C@H]1CCCO1. The molecule has 2 heterocycles. The first-order chi connectivity index (χ1) is 13.0. The quantitative estimate of drug-likeness (QED) is 0.436. The largest absolute Gasteiger partial charge is 0.376 e. The van der Waals surface area contributed by atoms with Gasteiger partial charge >= 0.3 is 0 Å². The fourth-order valence-electron chi connectivity index (χ4n) is 2.79. The van der Waals surface area contributed by atoms with E-state index in [1.165, 1.54) is 12.1 Å². The van der Waals surface area contributed by atoms with Crippen LogP contribution < -0.4 is 10.7 Å². The predicted molar refractivity (Wildman–Crippen MR) is 108 cm³/mol. The maximum atomic E-state index is 13.0. The lowest BCUT2D eigenvalue weighted by molar-refractivity contribution is 0.114. The smallest absolute Gasteiger partial charge is 0.187 e. The monoisotopic (exact) mass is 409 g/mol. The molecule has 0 spiro atoms. The minimum atomic E-state index is -0.274. The molecule has 1 aromatic carbocycles. The molecule has 0 amide bonds. The Kier molecular flexibility index (Phi) is 6.76. The van der Waals surface area contributed by atoms with Crippen molar-refractivity contribution in [2.45, 2.75) is 32.4 Å². The van der Waals surface area contributed by atoms with Crippen LogP contribution in [0, 0.1) is 12.7 Å². The van der Waals surface area contributed by atoms with Crippen LogP contribution >= 0.6 is 23.8 Å². The van der Waals surface area contributed by atoms with Crippen LogP contribution in [0.3, 0.4) is 0 Å². The van der Waals surface area contributed by atoms with Gasteiger partial charge in [-0.1, -0.05) is 23.7 Å². The van der Waals surface area contributed by atoms with Crippen LogP contribution in [0.15, 0.2) is 29.4 Å². The van der Waals surface area contributed by atoms with E-state index in [1.54, 1.807) is 23.0 Å². The van der Waals surface area contributed by atoms with Gasteiger partial charge < -0.3 is 10.1 Å². The Morgan fingerprint density at radius 3 is 2.96 bits per heavy atom. The summed E-state index contributed by atoms with van der Waals surface area (Å²) in [6.45, 7) is 3.77. The lowest BCUT2D eigenvalue weighted by atomic mass is 10.2. The summed E-state index contributed by atoms with van der Waals surface area (Å²) < 4.78 is 20.2. The number of hydrogen-bond acceptors (Lipinski definition) is 4. The maximum absolute atomic E-state index is 13.0. The van der Waals surface area contributed by atoms with Gasteiger partial charge in [0.15, 0.2) is 5.11 Å². The summed E-state index contributed by atoms with van der Waals surface area (Å²) in [6, 6.07) is 6.24. The number of halogens is 2. The van der Waals surface area contributed by atoms with Crippen LogP contribution in [0.1, 0.15) is 29.7 Å². The number of benzene rings is 1. The highest BCUT2D eigenvalue weighted by Gasteiger charge is 2.15. The van der Waals surface area contributed by atoms with E-state index in [0.29, 0.717) is 28.9 Å². The molecular formula is C18H21ClFN5OS. The number of hydrogen-bond donors (Lipinski definition) is 2. The minimum Gasteiger partial charge on any atom is -0.376 e. The van der Waals surface area contributed by atoms with Crippen molar-refractivity contribution >= 4 is 35.1 Å². The molecule has 27 heavy (non-hydrogen) atoms. The highest BCUT2D eigenvalue weighted by atomic mass is 35.5. The normalized spacial score (nSPS) is 16.8. The van der Waals surface area contributed by atoms with E-state index in [4.69, 9.17) is 28.6 Å². The lowest BCUT2D eigenvalue weighted by Gasteiger charge is -2.11. The molecule has 1 aliphatic rings. The molecular weight excluding hydrogens is 389 g/mol. The van der Waals surface area contributed by atoms with Gasteiger partial charge in [-0.15, -0.1) is 0 Å². The minimum absolute atomic E-state index is 0.204.